The van der Waals surface area contributed by atoms with Gasteiger partial charge in [0.25, 0.3) is 5.91 Å². The SMILES string of the molecule is CC(C)CCNC(=O)c1ccc(/C=C/c2n[nH]c3ccccc23)cc1. The maximum absolute atomic E-state index is 12.1. The summed E-state index contributed by atoms with van der Waals surface area (Å²) in [6, 6.07) is 15.6. The summed E-state index contributed by atoms with van der Waals surface area (Å²) in [5.74, 6) is 0.570. The molecule has 4 heteroatoms. The van der Waals surface area contributed by atoms with Crippen molar-refractivity contribution in [3.63, 3.8) is 0 Å². The fourth-order valence-electron chi connectivity index (χ4n) is 2.61. The highest BCUT2D eigenvalue weighted by Crippen LogP contribution is 2.17. The van der Waals surface area contributed by atoms with Crippen LogP contribution in [0.4, 0.5) is 0 Å². The molecule has 25 heavy (non-hydrogen) atoms. The van der Waals surface area contributed by atoms with E-state index < -0.39 is 0 Å². The van der Waals surface area contributed by atoms with Crippen LogP contribution >= 0.6 is 0 Å². The molecule has 4 nitrogen and oxygen atoms in total. The number of aromatic amines is 1. The van der Waals surface area contributed by atoms with E-state index in [0.717, 1.165) is 28.6 Å². The van der Waals surface area contributed by atoms with Gasteiger partial charge in [0.1, 0.15) is 0 Å². The summed E-state index contributed by atoms with van der Waals surface area (Å²) in [7, 11) is 0. The zero-order valence-electron chi connectivity index (χ0n) is 14.6. The maximum Gasteiger partial charge on any atom is 0.251 e. The second kappa shape index (κ2) is 7.79. The van der Waals surface area contributed by atoms with Crippen molar-refractivity contribution in [3.8, 4) is 0 Å². The van der Waals surface area contributed by atoms with Crippen molar-refractivity contribution in [1.29, 1.82) is 0 Å². The maximum atomic E-state index is 12.1. The molecule has 2 aromatic carbocycles. The normalized spacial score (nSPS) is 11.5. The van der Waals surface area contributed by atoms with Crippen molar-refractivity contribution in [1.82, 2.24) is 15.5 Å². The fourth-order valence-corrected chi connectivity index (χ4v) is 2.61. The van der Waals surface area contributed by atoms with Crippen molar-refractivity contribution in [2.45, 2.75) is 20.3 Å². The molecule has 3 aromatic rings. The Morgan fingerprint density at radius 3 is 2.64 bits per heavy atom. The summed E-state index contributed by atoms with van der Waals surface area (Å²) >= 11 is 0. The zero-order valence-corrected chi connectivity index (χ0v) is 14.6. The predicted octanol–water partition coefficient (Wildman–Crippen LogP) is 4.51. The summed E-state index contributed by atoms with van der Waals surface area (Å²) in [5, 5.41) is 11.4. The van der Waals surface area contributed by atoms with Crippen LogP contribution in [0.15, 0.2) is 48.5 Å². The van der Waals surface area contributed by atoms with Crippen LogP contribution in [-0.4, -0.2) is 22.6 Å². The number of nitrogens with zero attached hydrogens (tertiary/aromatic N) is 1. The van der Waals surface area contributed by atoms with Crippen LogP contribution in [0.25, 0.3) is 23.1 Å². The second-order valence-corrected chi connectivity index (χ2v) is 6.55. The Morgan fingerprint density at radius 2 is 1.88 bits per heavy atom. The van der Waals surface area contributed by atoms with Gasteiger partial charge in [0.05, 0.1) is 11.2 Å². The van der Waals surface area contributed by atoms with Crippen LogP contribution in [-0.2, 0) is 0 Å². The summed E-state index contributed by atoms with van der Waals surface area (Å²) in [6.45, 7) is 5.01. The summed E-state index contributed by atoms with van der Waals surface area (Å²) in [6.07, 6.45) is 4.98. The highest BCUT2D eigenvalue weighted by molar-refractivity contribution is 5.94. The lowest BCUT2D eigenvalue weighted by molar-refractivity contribution is 0.0952. The van der Waals surface area contributed by atoms with Gasteiger partial charge >= 0.3 is 0 Å². The Balaban J connectivity index is 1.65. The lowest BCUT2D eigenvalue weighted by Crippen LogP contribution is -2.25. The highest BCUT2D eigenvalue weighted by atomic mass is 16.1. The number of carbonyl (C=O) groups excluding carboxylic acids is 1. The number of nitrogens with one attached hydrogen (secondary N) is 2. The number of para-hydroxylation sites is 1. The van der Waals surface area contributed by atoms with E-state index in [1.54, 1.807) is 0 Å². The first-order valence-corrected chi connectivity index (χ1v) is 8.63. The molecule has 0 fully saturated rings. The van der Waals surface area contributed by atoms with Crippen LogP contribution in [0.1, 0.15) is 41.9 Å². The van der Waals surface area contributed by atoms with E-state index in [1.807, 2.05) is 60.7 Å². The van der Waals surface area contributed by atoms with E-state index >= 15 is 0 Å². The monoisotopic (exact) mass is 333 g/mol. The number of benzene rings is 2. The number of hydrogen-bond donors (Lipinski definition) is 2. The van der Waals surface area contributed by atoms with E-state index in [-0.39, 0.29) is 5.91 Å². The van der Waals surface area contributed by atoms with Gasteiger partial charge in [-0.25, -0.2) is 0 Å². The molecule has 0 radical (unpaired) electrons. The highest BCUT2D eigenvalue weighted by Gasteiger charge is 2.05. The molecular weight excluding hydrogens is 310 g/mol. The second-order valence-electron chi connectivity index (χ2n) is 6.55. The van der Waals surface area contributed by atoms with Crippen molar-refractivity contribution in [3.05, 3.63) is 65.4 Å². The number of carbonyl (C=O) groups is 1. The predicted molar refractivity (Wildman–Crippen MR) is 103 cm³/mol. The standard InChI is InChI=1S/C21H23N3O/c1-15(2)13-14-22-21(25)17-10-7-16(8-11-17)9-12-20-18-5-3-4-6-19(18)23-24-20/h3-12,15H,13-14H2,1-2H3,(H,22,25)(H,23,24)/b12-9+. The topological polar surface area (TPSA) is 57.8 Å². The van der Waals surface area contributed by atoms with E-state index in [4.69, 9.17) is 0 Å². The van der Waals surface area contributed by atoms with Gasteiger partial charge in [-0.1, -0.05) is 50.3 Å². The van der Waals surface area contributed by atoms with Gasteiger partial charge in [0.2, 0.25) is 0 Å². The lowest BCUT2D eigenvalue weighted by atomic mass is 10.1. The molecule has 0 aliphatic carbocycles. The molecule has 2 N–H and O–H groups in total. The average Bonchev–Trinajstić information content (AvgIpc) is 3.03. The molecule has 0 saturated carbocycles. The van der Waals surface area contributed by atoms with Crippen LogP contribution in [0.5, 0.6) is 0 Å². The van der Waals surface area contributed by atoms with Gasteiger partial charge in [-0.2, -0.15) is 5.10 Å². The first kappa shape index (κ1) is 17.0. The van der Waals surface area contributed by atoms with Crippen LogP contribution in [0, 0.1) is 5.92 Å². The van der Waals surface area contributed by atoms with Crippen molar-refractivity contribution >= 4 is 29.0 Å². The van der Waals surface area contributed by atoms with Gasteiger partial charge in [-0.15, -0.1) is 0 Å². The molecule has 1 amide bonds. The molecule has 0 unspecified atom stereocenters. The van der Waals surface area contributed by atoms with Crippen molar-refractivity contribution in [2.24, 2.45) is 5.92 Å². The van der Waals surface area contributed by atoms with Gasteiger partial charge in [0.15, 0.2) is 0 Å². The Hall–Kier alpha value is -2.88. The Labute approximate surface area is 148 Å². The largest absolute Gasteiger partial charge is 0.352 e. The molecule has 1 aromatic heterocycles. The van der Waals surface area contributed by atoms with Crippen LogP contribution < -0.4 is 5.32 Å². The zero-order chi connectivity index (χ0) is 17.6. The Morgan fingerprint density at radius 1 is 1.12 bits per heavy atom. The van der Waals surface area contributed by atoms with Crippen molar-refractivity contribution < 1.29 is 4.79 Å². The number of rotatable bonds is 6. The molecule has 3 rings (SSSR count). The molecule has 0 saturated heterocycles. The number of hydrogen-bond acceptors (Lipinski definition) is 2. The fraction of sp³-hybridized carbons (Fsp3) is 0.238. The molecule has 0 bridgehead atoms. The first-order valence-electron chi connectivity index (χ1n) is 8.63. The molecular formula is C21H23N3O. The molecule has 0 spiro atoms. The average molecular weight is 333 g/mol. The van der Waals surface area contributed by atoms with E-state index in [1.165, 1.54) is 0 Å². The third kappa shape index (κ3) is 4.35. The van der Waals surface area contributed by atoms with Crippen LogP contribution in [0.2, 0.25) is 0 Å². The van der Waals surface area contributed by atoms with Gasteiger partial charge in [0, 0.05) is 17.5 Å². The summed E-state index contributed by atoms with van der Waals surface area (Å²) in [4.78, 5) is 12.1. The third-order valence-electron chi connectivity index (χ3n) is 4.11. The van der Waals surface area contributed by atoms with E-state index in [9.17, 15) is 4.79 Å². The van der Waals surface area contributed by atoms with Gasteiger partial charge < -0.3 is 5.32 Å². The minimum atomic E-state index is -0.0190. The van der Waals surface area contributed by atoms with Gasteiger partial charge in [-0.3, -0.25) is 9.89 Å². The smallest absolute Gasteiger partial charge is 0.251 e. The summed E-state index contributed by atoms with van der Waals surface area (Å²) in [5.41, 5.74) is 3.65. The molecule has 0 aliphatic heterocycles. The lowest BCUT2D eigenvalue weighted by Gasteiger charge is -2.07. The first-order chi connectivity index (χ1) is 12.1. The molecule has 128 valence electrons. The third-order valence-corrected chi connectivity index (χ3v) is 4.11. The summed E-state index contributed by atoms with van der Waals surface area (Å²) < 4.78 is 0. The minimum Gasteiger partial charge on any atom is -0.352 e. The van der Waals surface area contributed by atoms with Crippen molar-refractivity contribution in [2.75, 3.05) is 6.54 Å². The van der Waals surface area contributed by atoms with E-state index in [2.05, 4.69) is 29.4 Å². The number of H-pyrrole nitrogens is 1. The Bertz CT molecular complexity index is 876. The molecule has 0 atom stereocenters. The number of amides is 1. The van der Waals surface area contributed by atoms with Gasteiger partial charge in [-0.05, 0) is 42.2 Å². The van der Waals surface area contributed by atoms with E-state index in [0.29, 0.717) is 18.0 Å². The van der Waals surface area contributed by atoms with Crippen LogP contribution in [0.3, 0.4) is 0 Å². The quantitative estimate of drug-likeness (QED) is 0.697. The number of fused-ring (bicyclic) bond motifs is 1. The molecule has 0 aliphatic rings. The minimum absolute atomic E-state index is 0.0190. The number of aromatic nitrogens is 2. The Kier molecular flexibility index (Phi) is 5.29. The molecule has 1 heterocycles.